The van der Waals surface area contributed by atoms with Gasteiger partial charge in [0.2, 0.25) is 5.88 Å². The zero-order valence-corrected chi connectivity index (χ0v) is 5.73. The fourth-order valence-electron chi connectivity index (χ4n) is 0.754. The minimum absolute atomic E-state index is 0.646. The molecule has 0 fully saturated rings. The van der Waals surface area contributed by atoms with Crippen LogP contribution in [0.5, 0.6) is 0 Å². The second-order valence-electron chi connectivity index (χ2n) is 1.83. The Kier molecular flexibility index (Phi) is 1.82. The first-order valence-electron chi connectivity index (χ1n) is 2.99. The van der Waals surface area contributed by atoms with Crippen molar-refractivity contribution < 1.29 is 9.47 Å². The summed E-state index contributed by atoms with van der Waals surface area (Å²) in [7, 11) is 1.81. The van der Waals surface area contributed by atoms with Crippen LogP contribution in [0.1, 0.15) is 6.92 Å². The van der Waals surface area contributed by atoms with Crippen LogP contribution in [0.15, 0.2) is 11.6 Å². The van der Waals surface area contributed by atoms with Crippen molar-refractivity contribution in [3.8, 4) is 0 Å². The smallest absolute Gasteiger partial charge is 0.225 e. The second-order valence-corrected chi connectivity index (χ2v) is 1.83. The molecule has 1 aliphatic heterocycles. The lowest BCUT2D eigenvalue weighted by Gasteiger charge is -2.18. The molecule has 0 radical (unpaired) electrons. The molecule has 0 spiro atoms. The standard InChI is InChI=1S/C6H11NO2/c1-5-6(7-2)9-4-3-8-5/h7H,3-4H2,1-2H3. The van der Waals surface area contributed by atoms with E-state index in [1.807, 2.05) is 14.0 Å². The van der Waals surface area contributed by atoms with E-state index < -0.39 is 0 Å². The average molecular weight is 129 g/mol. The van der Waals surface area contributed by atoms with E-state index in [9.17, 15) is 0 Å². The highest BCUT2D eigenvalue weighted by molar-refractivity contribution is 4.97. The van der Waals surface area contributed by atoms with Crippen molar-refractivity contribution in [2.45, 2.75) is 6.92 Å². The number of allylic oxidation sites excluding steroid dienone is 1. The Morgan fingerprint density at radius 1 is 1.33 bits per heavy atom. The SMILES string of the molecule is CNC1=C(C)OCCO1. The Bertz CT molecular complexity index is 131. The van der Waals surface area contributed by atoms with E-state index in [-0.39, 0.29) is 0 Å². The molecule has 52 valence electrons. The van der Waals surface area contributed by atoms with E-state index in [1.54, 1.807) is 0 Å². The van der Waals surface area contributed by atoms with Crippen molar-refractivity contribution in [1.29, 1.82) is 0 Å². The average Bonchev–Trinajstić information content (AvgIpc) is 1.89. The molecule has 0 aromatic carbocycles. The third-order valence-corrected chi connectivity index (χ3v) is 1.20. The van der Waals surface area contributed by atoms with Gasteiger partial charge in [-0.25, -0.2) is 0 Å². The van der Waals surface area contributed by atoms with E-state index in [2.05, 4.69) is 5.32 Å². The van der Waals surface area contributed by atoms with Gasteiger partial charge in [0.05, 0.1) is 0 Å². The molecule has 0 aromatic rings. The van der Waals surface area contributed by atoms with Crippen LogP contribution < -0.4 is 5.32 Å². The first-order valence-corrected chi connectivity index (χ1v) is 2.99. The summed E-state index contributed by atoms with van der Waals surface area (Å²) in [5.41, 5.74) is 0. The maximum atomic E-state index is 5.18. The van der Waals surface area contributed by atoms with Gasteiger partial charge in [0.25, 0.3) is 0 Å². The Morgan fingerprint density at radius 3 is 2.44 bits per heavy atom. The van der Waals surface area contributed by atoms with E-state index in [0.29, 0.717) is 13.2 Å². The lowest BCUT2D eigenvalue weighted by Crippen LogP contribution is -2.20. The molecule has 3 nitrogen and oxygen atoms in total. The van der Waals surface area contributed by atoms with Crippen molar-refractivity contribution in [1.82, 2.24) is 5.32 Å². The zero-order valence-electron chi connectivity index (χ0n) is 5.73. The van der Waals surface area contributed by atoms with Crippen LogP contribution in [-0.4, -0.2) is 20.3 Å². The molecule has 0 bridgehead atoms. The third-order valence-electron chi connectivity index (χ3n) is 1.20. The lowest BCUT2D eigenvalue weighted by atomic mass is 10.5. The van der Waals surface area contributed by atoms with Gasteiger partial charge < -0.3 is 14.8 Å². The molecule has 9 heavy (non-hydrogen) atoms. The van der Waals surface area contributed by atoms with E-state index >= 15 is 0 Å². The Morgan fingerprint density at radius 2 is 2.00 bits per heavy atom. The molecule has 0 saturated heterocycles. The molecule has 1 aliphatic rings. The Balaban J connectivity index is 2.59. The summed E-state index contributed by atoms with van der Waals surface area (Å²) in [6.45, 7) is 3.19. The van der Waals surface area contributed by atoms with Gasteiger partial charge in [0, 0.05) is 7.05 Å². The zero-order chi connectivity index (χ0) is 6.69. The quantitative estimate of drug-likeness (QED) is 0.557. The van der Waals surface area contributed by atoms with Gasteiger partial charge >= 0.3 is 0 Å². The van der Waals surface area contributed by atoms with Gasteiger partial charge in [-0.1, -0.05) is 0 Å². The van der Waals surface area contributed by atoms with Gasteiger partial charge in [-0.2, -0.15) is 0 Å². The summed E-state index contributed by atoms with van der Waals surface area (Å²) in [5, 5.41) is 2.89. The molecule has 0 aliphatic carbocycles. The summed E-state index contributed by atoms with van der Waals surface area (Å²) in [4.78, 5) is 0. The fraction of sp³-hybridized carbons (Fsp3) is 0.667. The molecular weight excluding hydrogens is 118 g/mol. The number of ether oxygens (including phenoxy) is 2. The van der Waals surface area contributed by atoms with Crippen LogP contribution in [0.4, 0.5) is 0 Å². The minimum Gasteiger partial charge on any atom is -0.489 e. The molecule has 0 aromatic heterocycles. The van der Waals surface area contributed by atoms with Gasteiger partial charge in [-0.15, -0.1) is 0 Å². The Labute approximate surface area is 54.6 Å². The number of nitrogens with one attached hydrogen (secondary N) is 1. The number of hydrogen-bond donors (Lipinski definition) is 1. The summed E-state index contributed by atoms with van der Waals surface area (Å²) in [6, 6.07) is 0. The van der Waals surface area contributed by atoms with Crippen LogP contribution in [0.3, 0.4) is 0 Å². The predicted octanol–water partition coefficient (Wildman–Crippen LogP) is 0.442. The number of hydrogen-bond acceptors (Lipinski definition) is 3. The summed E-state index contributed by atoms with van der Waals surface area (Å²) in [6.07, 6.45) is 0. The molecule has 0 atom stereocenters. The van der Waals surface area contributed by atoms with Crippen LogP contribution >= 0.6 is 0 Å². The summed E-state index contributed by atoms with van der Waals surface area (Å²) < 4.78 is 10.4. The molecule has 1 rings (SSSR count). The molecular formula is C6H11NO2. The molecule has 1 N–H and O–H groups in total. The highest BCUT2D eigenvalue weighted by Crippen LogP contribution is 2.08. The first-order chi connectivity index (χ1) is 4.34. The van der Waals surface area contributed by atoms with Gasteiger partial charge in [-0.3, -0.25) is 0 Å². The third kappa shape index (κ3) is 1.28. The molecule has 3 heteroatoms. The molecule has 0 amide bonds. The normalized spacial score (nSPS) is 18.4. The van der Waals surface area contributed by atoms with Crippen LogP contribution in [0, 0.1) is 0 Å². The van der Waals surface area contributed by atoms with Crippen molar-refractivity contribution in [3.63, 3.8) is 0 Å². The van der Waals surface area contributed by atoms with Gasteiger partial charge in [-0.05, 0) is 6.92 Å². The predicted molar refractivity (Wildman–Crippen MR) is 33.7 cm³/mol. The van der Waals surface area contributed by atoms with Crippen LogP contribution in [0.2, 0.25) is 0 Å². The van der Waals surface area contributed by atoms with E-state index in [1.165, 1.54) is 0 Å². The monoisotopic (exact) mass is 129 g/mol. The number of rotatable bonds is 1. The lowest BCUT2D eigenvalue weighted by molar-refractivity contribution is 0.0546. The van der Waals surface area contributed by atoms with Crippen molar-refractivity contribution in [2.24, 2.45) is 0 Å². The van der Waals surface area contributed by atoms with Crippen molar-refractivity contribution >= 4 is 0 Å². The van der Waals surface area contributed by atoms with Gasteiger partial charge in [0.15, 0.2) is 5.76 Å². The van der Waals surface area contributed by atoms with Crippen molar-refractivity contribution in [3.05, 3.63) is 11.6 Å². The van der Waals surface area contributed by atoms with Crippen LogP contribution in [-0.2, 0) is 9.47 Å². The van der Waals surface area contributed by atoms with Gasteiger partial charge in [0.1, 0.15) is 13.2 Å². The highest BCUT2D eigenvalue weighted by Gasteiger charge is 2.07. The fourth-order valence-corrected chi connectivity index (χ4v) is 0.754. The highest BCUT2D eigenvalue weighted by atomic mass is 16.6. The minimum atomic E-state index is 0.646. The summed E-state index contributed by atoms with van der Waals surface area (Å²) >= 11 is 0. The van der Waals surface area contributed by atoms with Crippen LogP contribution in [0.25, 0.3) is 0 Å². The Hall–Kier alpha value is -0.860. The molecule has 0 saturated carbocycles. The topological polar surface area (TPSA) is 30.5 Å². The first kappa shape index (κ1) is 6.26. The van der Waals surface area contributed by atoms with Crippen molar-refractivity contribution in [2.75, 3.05) is 20.3 Å². The van der Waals surface area contributed by atoms with E-state index in [0.717, 1.165) is 11.6 Å². The maximum Gasteiger partial charge on any atom is 0.225 e. The largest absolute Gasteiger partial charge is 0.489 e. The summed E-state index contributed by atoms with van der Waals surface area (Å²) in [5.74, 6) is 1.59. The molecule has 0 unspecified atom stereocenters. The molecule has 1 heterocycles. The second kappa shape index (κ2) is 2.62. The van der Waals surface area contributed by atoms with E-state index in [4.69, 9.17) is 9.47 Å². The maximum absolute atomic E-state index is 5.18.